The van der Waals surface area contributed by atoms with Crippen molar-refractivity contribution >= 4 is 23.2 Å². The average Bonchev–Trinajstić information content (AvgIpc) is 2.90. The van der Waals surface area contributed by atoms with E-state index in [-0.39, 0.29) is 11.8 Å². The number of carboxylic acids is 1. The number of carbonyl (C=O) groups is 2. The highest BCUT2D eigenvalue weighted by molar-refractivity contribution is 7.07. The monoisotopic (exact) mass is 336 g/mol. The van der Waals surface area contributed by atoms with E-state index in [0.29, 0.717) is 19.1 Å². The lowest BCUT2D eigenvalue weighted by atomic mass is 10.1. The first-order chi connectivity index (χ1) is 10.8. The summed E-state index contributed by atoms with van der Waals surface area (Å²) in [6.07, 6.45) is 0. The summed E-state index contributed by atoms with van der Waals surface area (Å²) in [6, 6.07) is 2.51. The second kappa shape index (κ2) is 5.91. The van der Waals surface area contributed by atoms with Gasteiger partial charge < -0.3 is 10.0 Å². The van der Waals surface area contributed by atoms with E-state index >= 15 is 0 Å². The van der Waals surface area contributed by atoms with Crippen LogP contribution in [0.5, 0.6) is 0 Å². The van der Waals surface area contributed by atoms with Crippen LogP contribution in [0.1, 0.15) is 32.4 Å². The average molecular weight is 336 g/mol. The lowest BCUT2D eigenvalue weighted by Gasteiger charge is -2.38. The zero-order valence-electron chi connectivity index (χ0n) is 13.9. The summed E-state index contributed by atoms with van der Waals surface area (Å²) in [5, 5.41) is 13.5. The Bertz CT molecular complexity index is 591. The van der Waals surface area contributed by atoms with Gasteiger partial charge in [-0.3, -0.25) is 14.5 Å². The molecule has 0 bridgehead atoms. The third-order valence-corrected chi connectivity index (χ3v) is 6.26. The minimum atomic E-state index is -0.849. The van der Waals surface area contributed by atoms with Gasteiger partial charge in [0.05, 0.1) is 11.8 Å². The fourth-order valence-electron chi connectivity index (χ4n) is 3.81. The van der Waals surface area contributed by atoms with Crippen LogP contribution in [0, 0.1) is 17.3 Å². The van der Waals surface area contributed by atoms with Gasteiger partial charge in [0, 0.05) is 32.2 Å². The van der Waals surface area contributed by atoms with Crippen molar-refractivity contribution in [3.05, 3.63) is 22.4 Å². The van der Waals surface area contributed by atoms with E-state index in [9.17, 15) is 14.7 Å². The SMILES string of the molecule is CC(c1ccsc1)N1CCN(C(=O)[C@@H]2[C@H](C(=O)O)C2(C)C)CC1. The summed E-state index contributed by atoms with van der Waals surface area (Å²) >= 11 is 1.71. The van der Waals surface area contributed by atoms with E-state index in [4.69, 9.17) is 0 Å². The predicted octanol–water partition coefficient (Wildman–Crippen LogP) is 2.31. The van der Waals surface area contributed by atoms with Crippen LogP contribution in [0.2, 0.25) is 0 Å². The molecule has 0 radical (unpaired) electrons. The van der Waals surface area contributed by atoms with Crippen LogP contribution in [-0.2, 0) is 9.59 Å². The van der Waals surface area contributed by atoms with Crippen molar-refractivity contribution in [3.8, 4) is 0 Å². The van der Waals surface area contributed by atoms with Crippen molar-refractivity contribution in [1.29, 1.82) is 0 Å². The Hall–Kier alpha value is -1.40. The third-order valence-electron chi connectivity index (χ3n) is 5.56. The Morgan fingerprint density at radius 3 is 2.39 bits per heavy atom. The number of thiophene rings is 1. The summed E-state index contributed by atoms with van der Waals surface area (Å²) in [4.78, 5) is 28.2. The molecule has 1 saturated heterocycles. The van der Waals surface area contributed by atoms with Gasteiger partial charge >= 0.3 is 5.97 Å². The summed E-state index contributed by atoms with van der Waals surface area (Å²) in [7, 11) is 0. The van der Waals surface area contributed by atoms with E-state index < -0.39 is 17.3 Å². The smallest absolute Gasteiger partial charge is 0.307 e. The first-order valence-corrected chi connectivity index (χ1v) is 9.06. The van der Waals surface area contributed by atoms with Crippen molar-refractivity contribution in [2.24, 2.45) is 17.3 Å². The maximum Gasteiger partial charge on any atom is 0.307 e. The van der Waals surface area contributed by atoms with Crippen LogP contribution in [0.3, 0.4) is 0 Å². The van der Waals surface area contributed by atoms with Crippen LogP contribution in [0.15, 0.2) is 16.8 Å². The summed E-state index contributed by atoms with van der Waals surface area (Å²) < 4.78 is 0. The van der Waals surface area contributed by atoms with Gasteiger partial charge in [-0.2, -0.15) is 11.3 Å². The number of carbonyl (C=O) groups excluding carboxylic acids is 1. The Kier molecular flexibility index (Phi) is 4.23. The molecule has 1 saturated carbocycles. The zero-order chi connectivity index (χ0) is 16.8. The molecule has 1 N–H and O–H groups in total. The molecule has 1 aromatic rings. The molecule has 0 spiro atoms. The first kappa shape index (κ1) is 16.5. The molecular formula is C17H24N2O3S. The number of hydrogen-bond donors (Lipinski definition) is 1. The standard InChI is InChI=1S/C17H24N2O3S/c1-11(12-4-9-23-10-12)18-5-7-19(8-6-18)15(20)13-14(16(21)22)17(13,2)3/h4,9-11,13-14H,5-8H2,1-3H3,(H,21,22)/t11?,13-,14+/m0/s1. The minimum absolute atomic E-state index is 0.0187. The molecule has 6 heteroatoms. The van der Waals surface area contributed by atoms with Crippen molar-refractivity contribution in [3.63, 3.8) is 0 Å². The fraction of sp³-hybridized carbons (Fsp3) is 0.647. The van der Waals surface area contributed by atoms with Gasteiger partial charge in [0.15, 0.2) is 0 Å². The predicted molar refractivity (Wildman–Crippen MR) is 89.3 cm³/mol. The maximum absolute atomic E-state index is 12.6. The first-order valence-electron chi connectivity index (χ1n) is 8.11. The largest absolute Gasteiger partial charge is 0.481 e. The summed E-state index contributed by atoms with van der Waals surface area (Å²) in [5.41, 5.74) is 0.911. The van der Waals surface area contributed by atoms with Gasteiger partial charge in [-0.1, -0.05) is 13.8 Å². The van der Waals surface area contributed by atoms with Gasteiger partial charge in [-0.25, -0.2) is 0 Å². The molecule has 2 fully saturated rings. The van der Waals surface area contributed by atoms with Crippen molar-refractivity contribution in [2.75, 3.05) is 26.2 Å². The molecular weight excluding hydrogens is 312 g/mol. The molecule has 2 heterocycles. The van der Waals surface area contributed by atoms with Crippen molar-refractivity contribution < 1.29 is 14.7 Å². The number of rotatable bonds is 4. The molecule has 2 aliphatic rings. The van der Waals surface area contributed by atoms with Crippen LogP contribution >= 0.6 is 11.3 Å². The van der Waals surface area contributed by atoms with Gasteiger partial charge in [0.1, 0.15) is 0 Å². The number of carboxylic acid groups (broad SMARTS) is 1. The Morgan fingerprint density at radius 1 is 1.26 bits per heavy atom. The quantitative estimate of drug-likeness (QED) is 0.916. The summed E-state index contributed by atoms with van der Waals surface area (Å²) in [5.74, 6) is -1.72. The van der Waals surface area contributed by atoms with Crippen LogP contribution < -0.4 is 0 Å². The lowest BCUT2D eigenvalue weighted by Crippen LogP contribution is -2.50. The molecule has 3 rings (SSSR count). The lowest BCUT2D eigenvalue weighted by molar-refractivity contribution is -0.142. The Balaban J connectivity index is 1.57. The Morgan fingerprint density at radius 2 is 1.91 bits per heavy atom. The second-order valence-corrected chi connectivity index (χ2v) is 7.99. The number of piperazine rings is 1. The van der Waals surface area contributed by atoms with E-state index in [1.165, 1.54) is 5.56 Å². The number of hydrogen-bond acceptors (Lipinski definition) is 4. The van der Waals surface area contributed by atoms with Gasteiger partial charge in [-0.15, -0.1) is 0 Å². The van der Waals surface area contributed by atoms with Crippen molar-refractivity contribution in [2.45, 2.75) is 26.8 Å². The molecule has 1 aromatic heterocycles. The minimum Gasteiger partial charge on any atom is -0.481 e. The van der Waals surface area contributed by atoms with E-state index in [1.807, 2.05) is 18.7 Å². The normalized spacial score (nSPS) is 28.4. The van der Waals surface area contributed by atoms with Crippen LogP contribution in [0.4, 0.5) is 0 Å². The molecule has 5 nitrogen and oxygen atoms in total. The zero-order valence-corrected chi connectivity index (χ0v) is 14.7. The molecule has 0 aromatic carbocycles. The highest BCUT2D eigenvalue weighted by atomic mass is 32.1. The van der Waals surface area contributed by atoms with Gasteiger partial charge in [0.2, 0.25) is 5.91 Å². The molecule has 1 amide bonds. The number of nitrogens with zero attached hydrogens (tertiary/aromatic N) is 2. The molecule has 23 heavy (non-hydrogen) atoms. The van der Waals surface area contributed by atoms with E-state index in [2.05, 4.69) is 28.7 Å². The molecule has 1 aliphatic carbocycles. The third kappa shape index (κ3) is 2.90. The Labute approximate surface area is 140 Å². The molecule has 3 atom stereocenters. The van der Waals surface area contributed by atoms with E-state index in [0.717, 1.165) is 13.1 Å². The van der Waals surface area contributed by atoms with Gasteiger partial charge in [0.25, 0.3) is 0 Å². The number of amides is 1. The molecule has 1 unspecified atom stereocenters. The molecule has 1 aliphatic heterocycles. The summed E-state index contributed by atoms with van der Waals surface area (Å²) in [6.45, 7) is 9.01. The maximum atomic E-state index is 12.6. The second-order valence-electron chi connectivity index (χ2n) is 7.21. The van der Waals surface area contributed by atoms with E-state index in [1.54, 1.807) is 11.3 Å². The number of aliphatic carboxylic acids is 1. The topological polar surface area (TPSA) is 60.9 Å². The molecule has 126 valence electrons. The van der Waals surface area contributed by atoms with Gasteiger partial charge in [-0.05, 0) is 34.7 Å². The van der Waals surface area contributed by atoms with Crippen molar-refractivity contribution in [1.82, 2.24) is 9.80 Å². The van der Waals surface area contributed by atoms with Crippen LogP contribution in [-0.4, -0.2) is 53.0 Å². The highest BCUT2D eigenvalue weighted by Gasteiger charge is 2.66. The highest BCUT2D eigenvalue weighted by Crippen LogP contribution is 2.59. The van der Waals surface area contributed by atoms with Crippen LogP contribution in [0.25, 0.3) is 0 Å². The fourth-order valence-corrected chi connectivity index (χ4v) is 4.56.